The number of benzene rings is 2. The van der Waals surface area contributed by atoms with Gasteiger partial charge < -0.3 is 10.1 Å². The Morgan fingerprint density at radius 2 is 1.55 bits per heavy atom. The molecule has 176 valence electrons. The van der Waals surface area contributed by atoms with E-state index < -0.39 is 16.1 Å². The fourth-order valence-electron chi connectivity index (χ4n) is 4.49. The molecule has 0 bridgehead atoms. The van der Waals surface area contributed by atoms with Gasteiger partial charge in [0.1, 0.15) is 11.8 Å². The van der Waals surface area contributed by atoms with Crippen molar-refractivity contribution in [1.29, 1.82) is 0 Å². The van der Waals surface area contributed by atoms with Crippen LogP contribution in [0.1, 0.15) is 62.2 Å². The number of hydrogen-bond donors (Lipinski definition) is 1. The summed E-state index contributed by atoms with van der Waals surface area (Å²) in [5, 5.41) is 2.86. The van der Waals surface area contributed by atoms with Crippen LogP contribution in [-0.2, 0) is 14.8 Å². The largest absolute Gasteiger partial charge is 0.490 e. The summed E-state index contributed by atoms with van der Waals surface area (Å²) in [6, 6.07) is 12.3. The first-order chi connectivity index (χ1) is 15.8. The zero-order valence-electron chi connectivity index (χ0n) is 18.8. The molecule has 7 nitrogen and oxygen atoms in total. The number of sulfonamides is 1. The molecule has 4 rings (SSSR count). The van der Waals surface area contributed by atoms with Crippen molar-refractivity contribution in [3.8, 4) is 5.75 Å². The lowest BCUT2D eigenvalue weighted by Crippen LogP contribution is -2.49. The lowest BCUT2D eigenvalue weighted by atomic mass is 10.0. The molecular formula is C25H30N2O5S. The summed E-state index contributed by atoms with van der Waals surface area (Å²) >= 11 is 0. The highest BCUT2D eigenvalue weighted by molar-refractivity contribution is 7.89. The molecule has 2 fully saturated rings. The molecule has 1 aliphatic carbocycles. The Kier molecular flexibility index (Phi) is 7.14. The van der Waals surface area contributed by atoms with Gasteiger partial charge in [-0.3, -0.25) is 9.59 Å². The van der Waals surface area contributed by atoms with Crippen molar-refractivity contribution in [2.75, 3.05) is 11.9 Å². The zero-order valence-corrected chi connectivity index (χ0v) is 19.6. The van der Waals surface area contributed by atoms with Gasteiger partial charge >= 0.3 is 0 Å². The number of Topliss-reactive ketones (excluding diaryl/α,β-unsaturated/α-hetero) is 1. The van der Waals surface area contributed by atoms with Gasteiger partial charge in [-0.05, 0) is 81.8 Å². The van der Waals surface area contributed by atoms with Crippen LogP contribution < -0.4 is 10.1 Å². The first-order valence-corrected chi connectivity index (χ1v) is 13.0. The van der Waals surface area contributed by atoms with Gasteiger partial charge in [0, 0.05) is 17.8 Å². The van der Waals surface area contributed by atoms with Crippen LogP contribution in [0, 0.1) is 0 Å². The number of rotatable bonds is 7. The maximum atomic E-state index is 13.3. The first kappa shape index (κ1) is 23.4. The molecule has 0 spiro atoms. The molecule has 33 heavy (non-hydrogen) atoms. The van der Waals surface area contributed by atoms with Gasteiger partial charge in [-0.1, -0.05) is 18.6 Å². The molecule has 1 amide bonds. The second kappa shape index (κ2) is 10.1. The fraction of sp³-hybridized carbons (Fsp3) is 0.440. The van der Waals surface area contributed by atoms with E-state index in [1.54, 1.807) is 12.1 Å². The van der Waals surface area contributed by atoms with Gasteiger partial charge in [-0.2, -0.15) is 4.31 Å². The summed E-state index contributed by atoms with van der Waals surface area (Å²) in [6.45, 7) is 1.71. The molecule has 1 heterocycles. The number of anilines is 1. The monoisotopic (exact) mass is 470 g/mol. The summed E-state index contributed by atoms with van der Waals surface area (Å²) in [5.41, 5.74) is 1.05. The number of ether oxygens (including phenoxy) is 1. The molecule has 2 aliphatic rings. The van der Waals surface area contributed by atoms with Gasteiger partial charge in [0.2, 0.25) is 15.9 Å². The minimum absolute atomic E-state index is 0.0839. The van der Waals surface area contributed by atoms with Gasteiger partial charge in [-0.25, -0.2) is 8.42 Å². The second-order valence-electron chi connectivity index (χ2n) is 8.75. The quantitative estimate of drug-likeness (QED) is 0.606. The van der Waals surface area contributed by atoms with Crippen molar-refractivity contribution in [3.63, 3.8) is 0 Å². The molecule has 1 saturated carbocycles. The minimum atomic E-state index is -3.87. The van der Waals surface area contributed by atoms with Crippen LogP contribution >= 0.6 is 0 Å². The van der Waals surface area contributed by atoms with Gasteiger partial charge in [0.05, 0.1) is 11.0 Å². The van der Waals surface area contributed by atoms with E-state index in [2.05, 4.69) is 5.32 Å². The summed E-state index contributed by atoms with van der Waals surface area (Å²) < 4.78 is 33.8. The predicted molar refractivity (Wildman–Crippen MR) is 126 cm³/mol. The molecule has 1 aliphatic heterocycles. The van der Waals surface area contributed by atoms with Crippen LogP contribution in [0.5, 0.6) is 5.75 Å². The average Bonchev–Trinajstić information content (AvgIpc) is 3.33. The van der Waals surface area contributed by atoms with Crippen molar-refractivity contribution < 1.29 is 22.7 Å². The Balaban J connectivity index is 1.46. The topological polar surface area (TPSA) is 92.8 Å². The molecule has 2 aromatic carbocycles. The predicted octanol–water partition coefficient (Wildman–Crippen LogP) is 4.39. The molecule has 1 atom stereocenters. The number of amides is 1. The normalized spacial score (nSPS) is 19.8. The SMILES string of the molecule is CC(=O)c1ccc(S(=O)(=O)N2CCCCC2C(=O)Nc2ccc(OC3CCCC3)cc2)cc1. The van der Waals surface area contributed by atoms with Crippen molar-refractivity contribution in [2.24, 2.45) is 0 Å². The third-order valence-corrected chi connectivity index (χ3v) is 8.27. The van der Waals surface area contributed by atoms with Gasteiger partial charge in [0.25, 0.3) is 0 Å². The highest BCUT2D eigenvalue weighted by Crippen LogP contribution is 2.28. The fourth-order valence-corrected chi connectivity index (χ4v) is 6.15. The van der Waals surface area contributed by atoms with Crippen molar-refractivity contribution >= 4 is 27.4 Å². The zero-order chi connectivity index (χ0) is 23.4. The van der Waals surface area contributed by atoms with E-state index in [-0.39, 0.29) is 29.2 Å². The smallest absolute Gasteiger partial charge is 0.243 e. The molecule has 1 unspecified atom stereocenters. The summed E-state index contributed by atoms with van der Waals surface area (Å²) in [4.78, 5) is 24.7. The van der Waals surface area contributed by atoms with Crippen LogP contribution in [0.3, 0.4) is 0 Å². The first-order valence-electron chi connectivity index (χ1n) is 11.5. The molecule has 1 saturated heterocycles. The van der Waals surface area contributed by atoms with Gasteiger partial charge in [0.15, 0.2) is 5.78 Å². The maximum absolute atomic E-state index is 13.3. The Morgan fingerprint density at radius 3 is 2.18 bits per heavy atom. The number of ketones is 1. The molecule has 1 N–H and O–H groups in total. The Bertz CT molecular complexity index is 1090. The van der Waals surface area contributed by atoms with Crippen LogP contribution in [-0.4, -0.2) is 43.1 Å². The highest BCUT2D eigenvalue weighted by atomic mass is 32.2. The Labute approximate surface area is 195 Å². The van der Waals surface area contributed by atoms with Crippen LogP contribution in [0.4, 0.5) is 5.69 Å². The Morgan fingerprint density at radius 1 is 0.909 bits per heavy atom. The van der Waals surface area contributed by atoms with E-state index in [0.717, 1.165) is 25.0 Å². The summed E-state index contributed by atoms with van der Waals surface area (Å²) in [7, 11) is -3.87. The number of nitrogens with one attached hydrogen (secondary N) is 1. The van der Waals surface area contributed by atoms with E-state index >= 15 is 0 Å². The van der Waals surface area contributed by atoms with Crippen molar-refractivity contribution in [1.82, 2.24) is 4.31 Å². The van der Waals surface area contributed by atoms with E-state index in [9.17, 15) is 18.0 Å². The summed E-state index contributed by atoms with van der Waals surface area (Å²) in [6.07, 6.45) is 6.73. The van der Waals surface area contributed by atoms with E-state index in [1.807, 2.05) is 12.1 Å². The van der Waals surface area contributed by atoms with Crippen molar-refractivity contribution in [3.05, 3.63) is 54.1 Å². The highest BCUT2D eigenvalue weighted by Gasteiger charge is 2.37. The third-order valence-electron chi connectivity index (χ3n) is 6.35. The Hall–Kier alpha value is -2.71. The average molecular weight is 471 g/mol. The third kappa shape index (κ3) is 5.45. The minimum Gasteiger partial charge on any atom is -0.490 e. The molecule has 0 radical (unpaired) electrons. The molecule has 0 aromatic heterocycles. The molecule has 8 heteroatoms. The lowest BCUT2D eigenvalue weighted by molar-refractivity contribution is -0.120. The molecular weight excluding hydrogens is 440 g/mol. The van der Waals surface area contributed by atoms with E-state index in [4.69, 9.17) is 4.74 Å². The van der Waals surface area contributed by atoms with Gasteiger partial charge in [-0.15, -0.1) is 0 Å². The van der Waals surface area contributed by atoms with E-state index in [0.29, 0.717) is 24.1 Å². The number of piperidine rings is 1. The van der Waals surface area contributed by atoms with Crippen LogP contribution in [0.15, 0.2) is 53.4 Å². The molecule has 2 aromatic rings. The van der Waals surface area contributed by atoms with Crippen molar-refractivity contribution in [2.45, 2.75) is 68.9 Å². The summed E-state index contributed by atoms with van der Waals surface area (Å²) in [5.74, 6) is 0.299. The van der Waals surface area contributed by atoms with Crippen LogP contribution in [0.25, 0.3) is 0 Å². The maximum Gasteiger partial charge on any atom is 0.243 e. The number of carbonyl (C=O) groups is 2. The second-order valence-corrected chi connectivity index (χ2v) is 10.6. The van der Waals surface area contributed by atoms with Crippen LogP contribution in [0.2, 0.25) is 0 Å². The van der Waals surface area contributed by atoms with E-state index in [1.165, 1.54) is 48.3 Å². The standard InChI is InChI=1S/C25H30N2O5S/c1-18(28)19-9-15-23(16-10-19)33(30,31)27-17-5-4-8-24(27)25(29)26-20-11-13-22(14-12-20)32-21-6-2-3-7-21/h9-16,21,24H,2-8,17H2,1H3,(H,26,29). The lowest BCUT2D eigenvalue weighted by Gasteiger charge is -2.33. The number of hydrogen-bond acceptors (Lipinski definition) is 5. The number of nitrogens with zero attached hydrogens (tertiary/aromatic N) is 1. The number of carbonyl (C=O) groups excluding carboxylic acids is 2.